The van der Waals surface area contributed by atoms with Crippen LogP contribution in [0.25, 0.3) is 0 Å². The number of hydrogen-bond acceptors (Lipinski definition) is 1. The standard InChI is InChI=1S/C20H31N/c1-5-17(13-15-9-7-6-8-10-15)21-18-19(2,3)16-11-12-20(18,4)14-16/h6-10,16-18,21H,5,11-14H2,1-4H3. The Balaban J connectivity index is 1.72. The van der Waals surface area contributed by atoms with Crippen LogP contribution in [0.3, 0.4) is 0 Å². The molecule has 116 valence electrons. The van der Waals surface area contributed by atoms with Crippen LogP contribution in [0.5, 0.6) is 0 Å². The van der Waals surface area contributed by atoms with Crippen LogP contribution in [0.1, 0.15) is 58.9 Å². The van der Waals surface area contributed by atoms with Crippen molar-refractivity contribution in [2.75, 3.05) is 0 Å². The van der Waals surface area contributed by atoms with Gasteiger partial charge < -0.3 is 5.32 Å². The number of nitrogens with one attached hydrogen (secondary N) is 1. The van der Waals surface area contributed by atoms with E-state index in [-0.39, 0.29) is 0 Å². The summed E-state index contributed by atoms with van der Waals surface area (Å²) in [5, 5.41) is 4.08. The van der Waals surface area contributed by atoms with Gasteiger partial charge in [0.15, 0.2) is 0 Å². The van der Waals surface area contributed by atoms with Crippen LogP contribution < -0.4 is 5.32 Å². The lowest BCUT2D eigenvalue weighted by Gasteiger charge is -2.45. The average molecular weight is 285 g/mol. The molecule has 0 saturated heterocycles. The topological polar surface area (TPSA) is 12.0 Å². The summed E-state index contributed by atoms with van der Waals surface area (Å²) in [6.45, 7) is 9.84. The molecule has 2 bridgehead atoms. The van der Waals surface area contributed by atoms with Gasteiger partial charge in [-0.3, -0.25) is 0 Å². The molecule has 1 N–H and O–H groups in total. The highest BCUT2D eigenvalue weighted by molar-refractivity contribution is 5.17. The lowest BCUT2D eigenvalue weighted by molar-refractivity contribution is 0.0975. The monoisotopic (exact) mass is 285 g/mol. The van der Waals surface area contributed by atoms with Gasteiger partial charge in [0, 0.05) is 12.1 Å². The minimum Gasteiger partial charge on any atom is -0.310 e. The van der Waals surface area contributed by atoms with E-state index < -0.39 is 0 Å². The molecule has 2 saturated carbocycles. The van der Waals surface area contributed by atoms with Crippen molar-refractivity contribution in [3.05, 3.63) is 35.9 Å². The molecule has 2 aliphatic carbocycles. The van der Waals surface area contributed by atoms with Crippen LogP contribution in [0, 0.1) is 16.7 Å². The van der Waals surface area contributed by atoms with E-state index in [9.17, 15) is 0 Å². The van der Waals surface area contributed by atoms with Gasteiger partial charge in [-0.1, -0.05) is 58.0 Å². The van der Waals surface area contributed by atoms with Crippen LogP contribution in [0.4, 0.5) is 0 Å². The minimum absolute atomic E-state index is 0.455. The Morgan fingerprint density at radius 1 is 1.19 bits per heavy atom. The van der Waals surface area contributed by atoms with Crippen LogP contribution in [0.15, 0.2) is 30.3 Å². The largest absolute Gasteiger partial charge is 0.310 e. The third-order valence-electron chi connectivity index (χ3n) is 6.49. The van der Waals surface area contributed by atoms with Crippen molar-refractivity contribution in [2.45, 2.75) is 71.9 Å². The predicted octanol–water partition coefficient (Wildman–Crippen LogP) is 4.81. The van der Waals surface area contributed by atoms with Crippen molar-refractivity contribution in [1.82, 2.24) is 5.32 Å². The molecule has 2 aliphatic rings. The van der Waals surface area contributed by atoms with Crippen molar-refractivity contribution in [3.8, 4) is 0 Å². The first-order valence-electron chi connectivity index (χ1n) is 8.75. The minimum atomic E-state index is 0.455. The van der Waals surface area contributed by atoms with E-state index in [0.29, 0.717) is 22.9 Å². The predicted molar refractivity (Wildman–Crippen MR) is 90.4 cm³/mol. The van der Waals surface area contributed by atoms with Crippen molar-refractivity contribution in [2.24, 2.45) is 16.7 Å². The average Bonchev–Trinajstić information content (AvgIpc) is 2.94. The molecule has 1 nitrogen and oxygen atoms in total. The third kappa shape index (κ3) is 2.65. The number of fused-ring (bicyclic) bond motifs is 2. The molecule has 21 heavy (non-hydrogen) atoms. The maximum Gasteiger partial charge on any atom is 0.0177 e. The first-order valence-corrected chi connectivity index (χ1v) is 8.75. The zero-order valence-electron chi connectivity index (χ0n) is 14.2. The Bertz CT molecular complexity index is 473. The molecule has 0 heterocycles. The number of hydrogen-bond donors (Lipinski definition) is 1. The Morgan fingerprint density at radius 2 is 1.90 bits per heavy atom. The summed E-state index contributed by atoms with van der Waals surface area (Å²) in [6.07, 6.45) is 6.66. The Morgan fingerprint density at radius 3 is 2.48 bits per heavy atom. The van der Waals surface area contributed by atoms with Crippen molar-refractivity contribution >= 4 is 0 Å². The van der Waals surface area contributed by atoms with E-state index in [0.717, 1.165) is 12.3 Å². The fraction of sp³-hybridized carbons (Fsp3) is 0.700. The van der Waals surface area contributed by atoms with E-state index in [1.165, 1.54) is 31.2 Å². The second-order valence-corrected chi connectivity index (χ2v) is 8.31. The van der Waals surface area contributed by atoms with Crippen molar-refractivity contribution in [1.29, 1.82) is 0 Å². The van der Waals surface area contributed by atoms with Gasteiger partial charge in [-0.05, 0) is 54.4 Å². The van der Waals surface area contributed by atoms with E-state index in [2.05, 4.69) is 63.3 Å². The summed E-state index contributed by atoms with van der Waals surface area (Å²) in [7, 11) is 0. The van der Waals surface area contributed by atoms with Gasteiger partial charge in [-0.25, -0.2) is 0 Å². The van der Waals surface area contributed by atoms with Gasteiger partial charge in [0.25, 0.3) is 0 Å². The Kier molecular flexibility index (Phi) is 3.90. The molecule has 1 aromatic carbocycles. The molecule has 0 amide bonds. The number of rotatable bonds is 5. The SMILES string of the molecule is CCC(Cc1ccccc1)NC1C2(C)CCC(C2)C1(C)C. The Hall–Kier alpha value is -0.820. The highest BCUT2D eigenvalue weighted by Gasteiger charge is 2.59. The molecule has 0 spiro atoms. The van der Waals surface area contributed by atoms with E-state index in [4.69, 9.17) is 0 Å². The summed E-state index contributed by atoms with van der Waals surface area (Å²) in [4.78, 5) is 0. The Labute approximate surface area is 130 Å². The van der Waals surface area contributed by atoms with Gasteiger partial charge >= 0.3 is 0 Å². The number of benzene rings is 1. The molecule has 0 radical (unpaired) electrons. The van der Waals surface area contributed by atoms with E-state index >= 15 is 0 Å². The summed E-state index contributed by atoms with van der Waals surface area (Å²) in [6, 6.07) is 12.2. The van der Waals surface area contributed by atoms with Crippen LogP contribution in [-0.4, -0.2) is 12.1 Å². The normalized spacial score (nSPS) is 35.0. The van der Waals surface area contributed by atoms with Crippen molar-refractivity contribution < 1.29 is 0 Å². The molecule has 2 fully saturated rings. The van der Waals surface area contributed by atoms with Gasteiger partial charge in [0.1, 0.15) is 0 Å². The zero-order valence-corrected chi connectivity index (χ0v) is 14.2. The quantitative estimate of drug-likeness (QED) is 0.818. The first kappa shape index (κ1) is 15.1. The highest BCUT2D eigenvalue weighted by atomic mass is 15.0. The molecular formula is C20H31N. The summed E-state index contributed by atoms with van der Waals surface area (Å²) < 4.78 is 0. The third-order valence-corrected chi connectivity index (χ3v) is 6.49. The molecule has 4 atom stereocenters. The van der Waals surface area contributed by atoms with Gasteiger partial charge in [-0.2, -0.15) is 0 Å². The smallest absolute Gasteiger partial charge is 0.0177 e. The zero-order chi connectivity index (χ0) is 15.1. The fourth-order valence-electron chi connectivity index (χ4n) is 5.17. The fourth-order valence-corrected chi connectivity index (χ4v) is 5.17. The maximum absolute atomic E-state index is 4.08. The maximum atomic E-state index is 4.08. The van der Waals surface area contributed by atoms with Gasteiger partial charge in [0.05, 0.1) is 0 Å². The molecule has 1 aromatic rings. The summed E-state index contributed by atoms with van der Waals surface area (Å²) in [5.74, 6) is 0.925. The van der Waals surface area contributed by atoms with Gasteiger partial charge in [-0.15, -0.1) is 0 Å². The summed E-state index contributed by atoms with van der Waals surface area (Å²) >= 11 is 0. The lowest BCUT2D eigenvalue weighted by Crippen LogP contribution is -2.54. The highest BCUT2D eigenvalue weighted by Crippen LogP contribution is 2.62. The molecule has 4 unspecified atom stereocenters. The first-order chi connectivity index (χ1) is 9.95. The molecule has 3 rings (SSSR count). The molecular weight excluding hydrogens is 254 g/mol. The second kappa shape index (κ2) is 5.43. The van der Waals surface area contributed by atoms with E-state index in [1.54, 1.807) is 0 Å². The lowest BCUT2D eigenvalue weighted by atomic mass is 9.68. The van der Waals surface area contributed by atoms with Gasteiger partial charge in [0.2, 0.25) is 0 Å². The molecule has 1 heteroatoms. The van der Waals surface area contributed by atoms with Crippen LogP contribution in [0.2, 0.25) is 0 Å². The second-order valence-electron chi connectivity index (χ2n) is 8.31. The van der Waals surface area contributed by atoms with Crippen LogP contribution >= 0.6 is 0 Å². The molecule has 0 aromatic heterocycles. The van der Waals surface area contributed by atoms with Crippen molar-refractivity contribution in [3.63, 3.8) is 0 Å². The van der Waals surface area contributed by atoms with Crippen LogP contribution in [-0.2, 0) is 6.42 Å². The summed E-state index contributed by atoms with van der Waals surface area (Å²) in [5.41, 5.74) is 2.44. The molecule has 0 aliphatic heterocycles. The van der Waals surface area contributed by atoms with E-state index in [1.807, 2.05) is 0 Å².